The van der Waals surface area contributed by atoms with E-state index in [9.17, 15) is 32.5 Å². The summed E-state index contributed by atoms with van der Waals surface area (Å²) in [5, 5.41) is 26.5. The maximum absolute atomic E-state index is 13.2. The fraction of sp³-hybridized carbons (Fsp3) is 0.391. The SMILES string of the molecule is Cc1sc(N)nc1C(=NOC(COc1ccc(C(=N)NCCN)cc1)C(=O)O)C(=O)NC1C(=O)N(S(=O)(=O)O)C1(C)C. The van der Waals surface area contributed by atoms with Crippen LogP contribution in [0, 0.1) is 12.3 Å². The topological polar surface area (TPSA) is 273 Å². The van der Waals surface area contributed by atoms with E-state index in [1.807, 2.05) is 0 Å². The Balaban J connectivity index is 1.78. The Labute approximate surface area is 244 Å². The van der Waals surface area contributed by atoms with Crippen molar-refractivity contribution in [3.8, 4) is 5.75 Å². The second-order valence-electron chi connectivity index (χ2n) is 9.40. The molecule has 42 heavy (non-hydrogen) atoms. The number of nitrogens with one attached hydrogen (secondary N) is 3. The lowest BCUT2D eigenvalue weighted by atomic mass is 9.85. The zero-order valence-corrected chi connectivity index (χ0v) is 24.3. The summed E-state index contributed by atoms with van der Waals surface area (Å²) in [6, 6.07) is 4.82. The molecule has 1 aliphatic heterocycles. The van der Waals surface area contributed by atoms with E-state index in [-0.39, 0.29) is 26.7 Å². The molecule has 2 unspecified atom stereocenters. The van der Waals surface area contributed by atoms with Gasteiger partial charge in [-0.2, -0.15) is 8.42 Å². The molecule has 0 radical (unpaired) electrons. The molecule has 9 N–H and O–H groups in total. The van der Waals surface area contributed by atoms with Gasteiger partial charge in [0.2, 0.25) is 0 Å². The summed E-state index contributed by atoms with van der Waals surface area (Å²) >= 11 is 1.01. The first-order valence-electron chi connectivity index (χ1n) is 12.2. The number of hydrogen-bond donors (Lipinski definition) is 7. The number of nitrogens with zero attached hydrogens (tertiary/aromatic N) is 3. The van der Waals surface area contributed by atoms with Gasteiger partial charge in [0, 0.05) is 23.5 Å². The number of aromatic nitrogens is 1. The van der Waals surface area contributed by atoms with E-state index >= 15 is 0 Å². The lowest BCUT2D eigenvalue weighted by molar-refractivity contribution is -0.152. The maximum atomic E-state index is 13.2. The van der Waals surface area contributed by atoms with Crippen molar-refractivity contribution >= 4 is 56.1 Å². The van der Waals surface area contributed by atoms with Crippen molar-refractivity contribution in [2.45, 2.75) is 38.5 Å². The van der Waals surface area contributed by atoms with Crippen LogP contribution in [-0.2, 0) is 29.5 Å². The Hall–Kier alpha value is -4.33. The molecule has 2 atom stereocenters. The van der Waals surface area contributed by atoms with Gasteiger partial charge in [-0.15, -0.1) is 11.3 Å². The lowest BCUT2D eigenvalue weighted by Gasteiger charge is -2.50. The number of carbonyl (C=O) groups is 3. The van der Waals surface area contributed by atoms with Gasteiger partial charge in [-0.1, -0.05) is 5.16 Å². The molecule has 1 saturated heterocycles. The predicted octanol–water partition coefficient (Wildman–Crippen LogP) is -0.931. The van der Waals surface area contributed by atoms with Crippen LogP contribution in [0.5, 0.6) is 5.75 Å². The largest absolute Gasteiger partial charge is 0.489 e. The van der Waals surface area contributed by atoms with Crippen molar-refractivity contribution in [1.82, 2.24) is 19.9 Å². The van der Waals surface area contributed by atoms with Gasteiger partial charge >= 0.3 is 16.3 Å². The van der Waals surface area contributed by atoms with E-state index < -0.39 is 58.1 Å². The van der Waals surface area contributed by atoms with E-state index in [0.29, 0.717) is 23.5 Å². The quantitative estimate of drug-likeness (QED) is 0.0466. The number of aliphatic carboxylic acids is 1. The number of amidine groups is 1. The fourth-order valence-corrected chi connectivity index (χ4v) is 5.61. The Morgan fingerprint density at radius 3 is 2.45 bits per heavy atom. The van der Waals surface area contributed by atoms with Crippen LogP contribution in [0.4, 0.5) is 5.13 Å². The summed E-state index contributed by atoms with van der Waals surface area (Å²) in [6.45, 7) is 4.40. The lowest BCUT2D eigenvalue weighted by Crippen LogP contribution is -2.77. The first-order chi connectivity index (χ1) is 19.6. The van der Waals surface area contributed by atoms with E-state index in [4.69, 9.17) is 26.5 Å². The van der Waals surface area contributed by atoms with Crippen molar-refractivity contribution < 1.29 is 42.0 Å². The van der Waals surface area contributed by atoms with Crippen LogP contribution in [0.2, 0.25) is 0 Å². The fourth-order valence-electron chi connectivity index (χ4n) is 3.88. The van der Waals surface area contributed by atoms with Crippen LogP contribution >= 0.6 is 11.3 Å². The van der Waals surface area contributed by atoms with Crippen LogP contribution < -0.4 is 26.8 Å². The van der Waals surface area contributed by atoms with E-state index in [0.717, 1.165) is 11.3 Å². The van der Waals surface area contributed by atoms with E-state index in [1.165, 1.54) is 26.0 Å². The number of benzene rings is 1. The van der Waals surface area contributed by atoms with Gasteiger partial charge in [0.05, 0.1) is 5.54 Å². The monoisotopic (exact) mass is 626 g/mol. The number of nitrogens with two attached hydrogens (primary N) is 2. The number of rotatable bonds is 13. The summed E-state index contributed by atoms with van der Waals surface area (Å²) in [7, 11) is -4.89. The third kappa shape index (κ3) is 7.11. The van der Waals surface area contributed by atoms with Crippen molar-refractivity contribution in [2.75, 3.05) is 25.4 Å². The zero-order valence-electron chi connectivity index (χ0n) is 22.7. The molecular weight excluding hydrogens is 596 g/mol. The smallest absolute Gasteiger partial charge is 0.362 e. The van der Waals surface area contributed by atoms with Crippen LogP contribution in [0.3, 0.4) is 0 Å². The molecule has 0 aliphatic carbocycles. The minimum absolute atomic E-state index is 0.0578. The molecule has 19 heteroatoms. The van der Waals surface area contributed by atoms with Gasteiger partial charge in [0.25, 0.3) is 17.9 Å². The Kier molecular flexibility index (Phi) is 9.71. The number of oxime groups is 1. The molecule has 1 aromatic heterocycles. The van der Waals surface area contributed by atoms with E-state index in [1.54, 1.807) is 19.1 Å². The molecule has 1 aliphatic rings. The first-order valence-corrected chi connectivity index (χ1v) is 14.4. The second-order valence-corrected chi connectivity index (χ2v) is 11.9. The summed E-state index contributed by atoms with van der Waals surface area (Å²) in [4.78, 5) is 47.1. The van der Waals surface area contributed by atoms with Gasteiger partial charge in [-0.05, 0) is 45.0 Å². The summed E-state index contributed by atoms with van der Waals surface area (Å²) < 4.78 is 38.2. The molecule has 0 spiro atoms. The number of hydrogen-bond acceptors (Lipinski definition) is 13. The van der Waals surface area contributed by atoms with Gasteiger partial charge in [-0.3, -0.25) is 19.6 Å². The molecule has 2 aromatic rings. The summed E-state index contributed by atoms with van der Waals surface area (Å²) in [5.74, 6) is -3.21. The van der Waals surface area contributed by atoms with Crippen molar-refractivity contribution in [1.29, 1.82) is 5.41 Å². The van der Waals surface area contributed by atoms with Crippen LogP contribution in [-0.4, -0.2) is 94.1 Å². The highest BCUT2D eigenvalue weighted by Crippen LogP contribution is 2.34. The number of nitrogen functional groups attached to an aromatic ring is 1. The van der Waals surface area contributed by atoms with Crippen LogP contribution in [0.1, 0.15) is 30.0 Å². The van der Waals surface area contributed by atoms with Crippen molar-refractivity contribution in [2.24, 2.45) is 10.9 Å². The average molecular weight is 627 g/mol. The first kappa shape index (κ1) is 32.2. The molecule has 0 bridgehead atoms. The summed E-state index contributed by atoms with van der Waals surface area (Å²) in [6.07, 6.45) is -1.70. The summed E-state index contributed by atoms with van der Waals surface area (Å²) in [5.41, 5.74) is 9.58. The Morgan fingerprint density at radius 2 is 1.95 bits per heavy atom. The third-order valence-electron chi connectivity index (χ3n) is 5.97. The number of aryl methyl sites for hydroxylation is 1. The minimum Gasteiger partial charge on any atom is -0.489 e. The van der Waals surface area contributed by atoms with Crippen molar-refractivity contribution in [3.05, 3.63) is 40.4 Å². The second kappa shape index (κ2) is 12.7. The maximum Gasteiger partial charge on any atom is 0.362 e. The third-order valence-corrected chi connectivity index (χ3v) is 7.88. The number of amides is 2. The molecule has 2 amide bonds. The highest BCUT2D eigenvalue weighted by atomic mass is 32.2. The molecule has 1 aromatic carbocycles. The molecule has 228 valence electrons. The Bertz CT molecular complexity index is 1510. The molecule has 3 rings (SSSR count). The van der Waals surface area contributed by atoms with Crippen molar-refractivity contribution in [3.63, 3.8) is 0 Å². The number of carbonyl (C=O) groups excluding carboxylic acids is 2. The number of carboxylic acids is 1. The minimum atomic E-state index is -4.89. The number of carboxylic acid groups (broad SMARTS) is 1. The highest BCUT2D eigenvalue weighted by Gasteiger charge is 2.60. The molecule has 17 nitrogen and oxygen atoms in total. The molecular formula is C23H30N8O9S2. The molecule has 1 fully saturated rings. The predicted molar refractivity (Wildman–Crippen MR) is 151 cm³/mol. The standard InChI is InChI=1S/C23H30N8O9S2/c1-11-15(28-22(26)41-11)16(19(32)29-17-20(33)31(23(17,2)3)42(36,37)38)30-40-14(21(34)35)10-39-13-6-4-12(5-7-13)18(25)27-9-8-24/h4-7,14,17H,8-10,24H2,1-3H3,(H2,25,27)(H2,26,28)(H,29,32)(H,34,35)(H,36,37,38). The number of ether oxygens (including phenoxy) is 1. The van der Waals surface area contributed by atoms with Crippen LogP contribution in [0.25, 0.3) is 0 Å². The average Bonchev–Trinajstić information content (AvgIpc) is 3.23. The molecule has 0 saturated carbocycles. The normalized spacial score (nSPS) is 17.2. The van der Waals surface area contributed by atoms with Gasteiger partial charge in [-0.25, -0.2) is 14.1 Å². The zero-order chi connectivity index (χ0) is 31.4. The van der Waals surface area contributed by atoms with Gasteiger partial charge in [0.15, 0.2) is 10.8 Å². The Morgan fingerprint density at radius 1 is 1.31 bits per heavy atom. The van der Waals surface area contributed by atoms with Gasteiger partial charge < -0.3 is 36.8 Å². The molecule has 2 heterocycles. The van der Waals surface area contributed by atoms with E-state index in [2.05, 4.69) is 20.8 Å². The van der Waals surface area contributed by atoms with Gasteiger partial charge in [0.1, 0.15) is 29.9 Å². The number of thiazole rings is 1. The highest BCUT2D eigenvalue weighted by molar-refractivity contribution is 7.84. The number of anilines is 1. The number of β-lactam (4-membered cyclic amide) rings is 1. The van der Waals surface area contributed by atoms with Crippen LogP contribution in [0.15, 0.2) is 29.4 Å².